The number of carbonyl (C=O) groups excluding carboxylic acids is 2. The summed E-state index contributed by atoms with van der Waals surface area (Å²) in [5.74, 6) is -0.250. The molecule has 2 aromatic rings. The van der Waals surface area contributed by atoms with Crippen LogP contribution in [-0.4, -0.2) is 40.9 Å². The van der Waals surface area contributed by atoms with Crippen LogP contribution in [0.15, 0.2) is 42.6 Å². The molecule has 1 aliphatic rings. The summed E-state index contributed by atoms with van der Waals surface area (Å²) in [5.41, 5.74) is 1.26. The summed E-state index contributed by atoms with van der Waals surface area (Å²) >= 11 is 6.18. The fourth-order valence-corrected chi connectivity index (χ4v) is 3.18. The van der Waals surface area contributed by atoms with E-state index in [2.05, 4.69) is 0 Å². The SMILES string of the molecule is CN(C(=O)c1cccn1C)[C@@H]1CCN(c2ccccc2Cl)C1=O. The van der Waals surface area contributed by atoms with E-state index in [0.29, 0.717) is 29.4 Å². The first-order valence-electron chi connectivity index (χ1n) is 7.45. The van der Waals surface area contributed by atoms with Crippen molar-refractivity contribution in [1.29, 1.82) is 0 Å². The molecule has 5 nitrogen and oxygen atoms in total. The number of likely N-dealkylation sites (N-methyl/N-ethyl adjacent to an activating group) is 1. The second-order valence-electron chi connectivity index (χ2n) is 5.67. The van der Waals surface area contributed by atoms with E-state index in [4.69, 9.17) is 11.6 Å². The smallest absolute Gasteiger partial charge is 0.270 e. The number of benzene rings is 1. The lowest BCUT2D eigenvalue weighted by molar-refractivity contribution is -0.120. The standard InChI is InChI=1S/C17H18ClN3O2/c1-19-10-5-8-14(19)16(22)20(2)15-9-11-21(17(15)23)13-7-4-3-6-12(13)18/h3-8,10,15H,9,11H2,1-2H3/t15-/m1/s1. The Morgan fingerprint density at radius 3 is 2.65 bits per heavy atom. The Morgan fingerprint density at radius 2 is 2.00 bits per heavy atom. The van der Waals surface area contributed by atoms with Crippen molar-refractivity contribution in [2.75, 3.05) is 18.5 Å². The number of aryl methyl sites for hydroxylation is 1. The van der Waals surface area contributed by atoms with E-state index in [1.165, 1.54) is 4.90 Å². The molecular formula is C17H18ClN3O2. The number of rotatable bonds is 3. The summed E-state index contributed by atoms with van der Waals surface area (Å²) in [5, 5.41) is 0.540. The molecule has 1 aromatic heterocycles. The van der Waals surface area contributed by atoms with E-state index in [0.717, 1.165) is 0 Å². The van der Waals surface area contributed by atoms with E-state index in [9.17, 15) is 9.59 Å². The molecule has 1 aliphatic heterocycles. The molecule has 0 saturated carbocycles. The number of hydrogen-bond donors (Lipinski definition) is 0. The highest BCUT2D eigenvalue weighted by Crippen LogP contribution is 2.30. The molecule has 1 atom stereocenters. The van der Waals surface area contributed by atoms with Crippen LogP contribution < -0.4 is 4.90 Å². The lowest BCUT2D eigenvalue weighted by atomic mass is 10.2. The molecule has 0 aliphatic carbocycles. The molecule has 23 heavy (non-hydrogen) atoms. The average molecular weight is 332 g/mol. The minimum Gasteiger partial charge on any atom is -0.347 e. The molecule has 0 spiro atoms. The van der Waals surface area contributed by atoms with Gasteiger partial charge in [-0.3, -0.25) is 9.59 Å². The van der Waals surface area contributed by atoms with Gasteiger partial charge in [0.1, 0.15) is 11.7 Å². The van der Waals surface area contributed by atoms with E-state index in [-0.39, 0.29) is 11.8 Å². The summed E-state index contributed by atoms with van der Waals surface area (Å²) < 4.78 is 1.75. The Labute approximate surface area is 140 Å². The summed E-state index contributed by atoms with van der Waals surface area (Å²) in [6.07, 6.45) is 2.41. The van der Waals surface area contributed by atoms with Crippen molar-refractivity contribution in [3.8, 4) is 0 Å². The molecule has 0 bridgehead atoms. The lowest BCUT2D eigenvalue weighted by Gasteiger charge is -2.24. The summed E-state index contributed by atoms with van der Waals surface area (Å²) in [7, 11) is 3.49. The van der Waals surface area contributed by atoms with E-state index in [1.807, 2.05) is 37.5 Å². The van der Waals surface area contributed by atoms with E-state index >= 15 is 0 Å². The molecule has 2 heterocycles. The molecule has 6 heteroatoms. The highest BCUT2D eigenvalue weighted by Gasteiger charge is 2.38. The summed E-state index contributed by atoms with van der Waals surface area (Å²) in [4.78, 5) is 28.5. The van der Waals surface area contributed by atoms with Gasteiger partial charge in [-0.1, -0.05) is 23.7 Å². The molecule has 1 aromatic carbocycles. The zero-order valence-corrected chi connectivity index (χ0v) is 13.8. The quantitative estimate of drug-likeness (QED) is 0.867. The van der Waals surface area contributed by atoms with Crippen LogP contribution in [0.5, 0.6) is 0 Å². The predicted octanol–water partition coefficient (Wildman–Crippen LogP) is 2.56. The highest BCUT2D eigenvalue weighted by atomic mass is 35.5. The third-order valence-corrected chi connectivity index (χ3v) is 4.59. The lowest BCUT2D eigenvalue weighted by Crippen LogP contribution is -2.43. The average Bonchev–Trinajstić information content (AvgIpc) is 3.12. The first kappa shape index (κ1) is 15.6. The largest absolute Gasteiger partial charge is 0.347 e. The van der Waals surface area contributed by atoms with Gasteiger partial charge in [0, 0.05) is 26.8 Å². The zero-order chi connectivity index (χ0) is 16.6. The number of halogens is 1. The van der Waals surface area contributed by atoms with Crippen LogP contribution in [0, 0.1) is 0 Å². The molecule has 120 valence electrons. The first-order chi connectivity index (χ1) is 11.0. The number of nitrogens with zero attached hydrogens (tertiary/aromatic N) is 3. The van der Waals surface area contributed by atoms with Crippen LogP contribution in [0.4, 0.5) is 5.69 Å². The van der Waals surface area contributed by atoms with Gasteiger partial charge in [0.25, 0.3) is 5.91 Å². The van der Waals surface area contributed by atoms with Gasteiger partial charge in [-0.15, -0.1) is 0 Å². The van der Waals surface area contributed by atoms with Crippen LogP contribution in [0.25, 0.3) is 0 Å². The van der Waals surface area contributed by atoms with Gasteiger partial charge in [-0.05, 0) is 30.7 Å². The molecule has 0 radical (unpaired) electrons. The number of anilines is 1. The second kappa shape index (κ2) is 6.08. The maximum absolute atomic E-state index is 12.7. The van der Waals surface area contributed by atoms with Crippen molar-refractivity contribution in [1.82, 2.24) is 9.47 Å². The Kier molecular flexibility index (Phi) is 4.13. The molecule has 1 saturated heterocycles. The Hall–Kier alpha value is -2.27. The topological polar surface area (TPSA) is 45.6 Å². The van der Waals surface area contributed by atoms with Crippen LogP contribution in [0.3, 0.4) is 0 Å². The fourth-order valence-electron chi connectivity index (χ4n) is 2.94. The zero-order valence-electron chi connectivity index (χ0n) is 13.1. The number of aromatic nitrogens is 1. The molecule has 0 N–H and O–H groups in total. The minimum absolute atomic E-state index is 0.0943. The Morgan fingerprint density at radius 1 is 1.26 bits per heavy atom. The van der Waals surface area contributed by atoms with Crippen LogP contribution in [-0.2, 0) is 11.8 Å². The van der Waals surface area contributed by atoms with Gasteiger partial charge >= 0.3 is 0 Å². The third kappa shape index (κ3) is 2.72. The van der Waals surface area contributed by atoms with Gasteiger partial charge < -0.3 is 14.4 Å². The third-order valence-electron chi connectivity index (χ3n) is 4.27. The van der Waals surface area contributed by atoms with Crippen LogP contribution >= 0.6 is 11.6 Å². The maximum Gasteiger partial charge on any atom is 0.270 e. The normalized spacial score (nSPS) is 17.6. The van der Waals surface area contributed by atoms with Crippen molar-refractivity contribution in [2.45, 2.75) is 12.5 Å². The molecule has 0 unspecified atom stereocenters. The van der Waals surface area contributed by atoms with Crippen molar-refractivity contribution in [3.63, 3.8) is 0 Å². The van der Waals surface area contributed by atoms with Crippen LogP contribution in [0.2, 0.25) is 5.02 Å². The van der Waals surface area contributed by atoms with Crippen molar-refractivity contribution < 1.29 is 9.59 Å². The van der Waals surface area contributed by atoms with E-state index < -0.39 is 6.04 Å². The second-order valence-corrected chi connectivity index (χ2v) is 6.07. The Bertz CT molecular complexity index is 756. The van der Waals surface area contributed by atoms with E-state index in [1.54, 1.807) is 28.6 Å². The van der Waals surface area contributed by atoms with Crippen molar-refractivity contribution in [2.24, 2.45) is 7.05 Å². The predicted molar refractivity (Wildman–Crippen MR) is 89.7 cm³/mol. The highest BCUT2D eigenvalue weighted by molar-refractivity contribution is 6.34. The van der Waals surface area contributed by atoms with Crippen molar-refractivity contribution >= 4 is 29.1 Å². The van der Waals surface area contributed by atoms with Gasteiger partial charge in [0.15, 0.2) is 0 Å². The molecule has 2 amide bonds. The maximum atomic E-state index is 12.7. The van der Waals surface area contributed by atoms with Gasteiger partial charge in [-0.2, -0.15) is 0 Å². The minimum atomic E-state index is -0.464. The summed E-state index contributed by atoms with van der Waals surface area (Å²) in [6.45, 7) is 0.554. The molecular weight excluding hydrogens is 314 g/mol. The number of carbonyl (C=O) groups is 2. The number of amides is 2. The Balaban J connectivity index is 1.80. The number of para-hydroxylation sites is 1. The molecule has 1 fully saturated rings. The fraction of sp³-hybridized carbons (Fsp3) is 0.294. The van der Waals surface area contributed by atoms with Gasteiger partial charge in [0.2, 0.25) is 5.91 Å². The van der Waals surface area contributed by atoms with Gasteiger partial charge in [0.05, 0.1) is 10.7 Å². The van der Waals surface area contributed by atoms with Crippen LogP contribution in [0.1, 0.15) is 16.9 Å². The summed E-state index contributed by atoms with van der Waals surface area (Å²) in [6, 6.07) is 10.4. The first-order valence-corrected chi connectivity index (χ1v) is 7.83. The number of hydrogen-bond acceptors (Lipinski definition) is 2. The molecule has 3 rings (SSSR count). The monoisotopic (exact) mass is 331 g/mol. The van der Waals surface area contributed by atoms with Crippen molar-refractivity contribution in [3.05, 3.63) is 53.3 Å². The van der Waals surface area contributed by atoms with Gasteiger partial charge in [-0.25, -0.2) is 0 Å².